The normalized spacial score (nSPS) is 27.7. The number of likely N-dealkylation sites (tertiary alicyclic amines) is 2. The number of hydrogen-bond acceptors (Lipinski definition) is 3. The average Bonchev–Trinajstić information content (AvgIpc) is 3.29. The lowest BCUT2D eigenvalue weighted by molar-refractivity contribution is -0.137. The van der Waals surface area contributed by atoms with Gasteiger partial charge >= 0.3 is 6.03 Å². The average molecular weight is 357 g/mol. The molecule has 3 amide bonds. The third-order valence-corrected chi connectivity index (χ3v) is 5.79. The second kappa shape index (κ2) is 7.27. The molecule has 3 atom stereocenters. The van der Waals surface area contributed by atoms with Gasteiger partial charge in [-0.05, 0) is 43.4 Å². The quantitative estimate of drug-likeness (QED) is 0.904. The summed E-state index contributed by atoms with van der Waals surface area (Å²) in [6, 6.07) is 7.82. The van der Waals surface area contributed by atoms with Crippen LogP contribution in [0.25, 0.3) is 0 Å². The molecule has 3 aliphatic heterocycles. The molecule has 3 saturated heterocycles. The molecule has 0 unspecified atom stereocenters. The van der Waals surface area contributed by atoms with Gasteiger partial charge in [0.25, 0.3) is 0 Å². The van der Waals surface area contributed by atoms with Crippen LogP contribution in [0.3, 0.4) is 0 Å². The first kappa shape index (κ1) is 17.3. The highest BCUT2D eigenvalue weighted by atomic mass is 16.5. The minimum absolute atomic E-state index is 0.0291. The second-order valence-corrected chi connectivity index (χ2v) is 7.56. The molecule has 2 bridgehead atoms. The molecule has 0 saturated carbocycles. The molecular weight excluding hydrogens is 330 g/mol. The van der Waals surface area contributed by atoms with Gasteiger partial charge in [-0.2, -0.15) is 0 Å². The van der Waals surface area contributed by atoms with E-state index >= 15 is 0 Å². The molecule has 0 aromatic heterocycles. The number of nitrogens with one attached hydrogen (secondary N) is 1. The lowest BCUT2D eigenvalue weighted by atomic mass is 9.99. The van der Waals surface area contributed by atoms with Crippen LogP contribution in [0.5, 0.6) is 0 Å². The summed E-state index contributed by atoms with van der Waals surface area (Å²) in [5, 5.41) is 2.97. The van der Waals surface area contributed by atoms with Gasteiger partial charge in [0.15, 0.2) is 0 Å². The molecule has 0 radical (unpaired) electrons. The number of carbonyl (C=O) groups is 2. The molecule has 4 rings (SSSR count). The lowest BCUT2D eigenvalue weighted by Crippen LogP contribution is -2.49. The van der Waals surface area contributed by atoms with Crippen molar-refractivity contribution in [1.29, 1.82) is 0 Å². The molecule has 6 heteroatoms. The zero-order chi connectivity index (χ0) is 18.1. The number of hydrogen-bond donors (Lipinski definition) is 1. The molecule has 0 aliphatic carbocycles. The first-order chi connectivity index (χ1) is 12.6. The Hall–Kier alpha value is -2.08. The van der Waals surface area contributed by atoms with Gasteiger partial charge in [0.1, 0.15) is 0 Å². The number of morpholine rings is 1. The molecule has 26 heavy (non-hydrogen) atoms. The van der Waals surface area contributed by atoms with Crippen molar-refractivity contribution in [2.75, 3.05) is 31.5 Å². The highest BCUT2D eigenvalue weighted by Gasteiger charge is 2.47. The Kier molecular flexibility index (Phi) is 4.85. The van der Waals surface area contributed by atoms with E-state index in [0.717, 1.165) is 44.5 Å². The summed E-state index contributed by atoms with van der Waals surface area (Å²) in [6.07, 6.45) is 3.70. The van der Waals surface area contributed by atoms with Crippen molar-refractivity contribution in [1.82, 2.24) is 9.80 Å². The lowest BCUT2D eigenvalue weighted by Gasteiger charge is -2.33. The summed E-state index contributed by atoms with van der Waals surface area (Å²) >= 11 is 0. The standard InChI is InChI=1S/C20H27N3O3/c1-2-14-5-7-15(8-6-14)21-20(25)23-12-16-11-17(18(13-23)26-16)19(24)22-9-3-4-10-22/h5-8,16-18H,2-4,9-13H2,1H3,(H,21,25)/t16-,17-,18-/m0/s1. The summed E-state index contributed by atoms with van der Waals surface area (Å²) in [6.45, 7) is 4.88. The van der Waals surface area contributed by atoms with Crippen LogP contribution in [0.1, 0.15) is 31.7 Å². The van der Waals surface area contributed by atoms with E-state index < -0.39 is 0 Å². The third-order valence-electron chi connectivity index (χ3n) is 5.79. The Morgan fingerprint density at radius 1 is 1.12 bits per heavy atom. The highest BCUT2D eigenvalue weighted by Crippen LogP contribution is 2.34. The van der Waals surface area contributed by atoms with Gasteiger partial charge in [0, 0.05) is 31.9 Å². The maximum absolute atomic E-state index is 12.7. The van der Waals surface area contributed by atoms with E-state index in [9.17, 15) is 9.59 Å². The number of aryl methyl sites for hydroxylation is 1. The summed E-state index contributed by atoms with van der Waals surface area (Å²) in [5.41, 5.74) is 2.05. The molecular formula is C20H27N3O3. The number of carbonyl (C=O) groups excluding carboxylic acids is 2. The summed E-state index contributed by atoms with van der Waals surface area (Å²) < 4.78 is 5.98. The number of anilines is 1. The minimum Gasteiger partial charge on any atom is -0.370 e. The van der Waals surface area contributed by atoms with E-state index in [1.807, 2.05) is 29.2 Å². The van der Waals surface area contributed by atoms with Crippen molar-refractivity contribution < 1.29 is 14.3 Å². The van der Waals surface area contributed by atoms with E-state index in [0.29, 0.717) is 13.1 Å². The third kappa shape index (κ3) is 3.43. The van der Waals surface area contributed by atoms with Gasteiger partial charge in [0.2, 0.25) is 5.91 Å². The zero-order valence-corrected chi connectivity index (χ0v) is 15.3. The molecule has 1 aromatic carbocycles. The number of fused-ring (bicyclic) bond motifs is 2. The van der Waals surface area contributed by atoms with Crippen LogP contribution < -0.4 is 5.32 Å². The summed E-state index contributed by atoms with van der Waals surface area (Å²) in [4.78, 5) is 29.1. The number of benzene rings is 1. The van der Waals surface area contributed by atoms with Gasteiger partial charge in [-0.15, -0.1) is 0 Å². The van der Waals surface area contributed by atoms with Crippen molar-refractivity contribution in [3.8, 4) is 0 Å². The highest BCUT2D eigenvalue weighted by molar-refractivity contribution is 5.89. The fourth-order valence-corrected chi connectivity index (χ4v) is 4.28. The van der Waals surface area contributed by atoms with Crippen molar-refractivity contribution in [2.24, 2.45) is 5.92 Å². The van der Waals surface area contributed by atoms with Crippen molar-refractivity contribution in [3.63, 3.8) is 0 Å². The van der Waals surface area contributed by atoms with Gasteiger partial charge < -0.3 is 19.9 Å². The van der Waals surface area contributed by atoms with Crippen LogP contribution >= 0.6 is 0 Å². The van der Waals surface area contributed by atoms with Crippen LogP contribution in [0, 0.1) is 5.92 Å². The molecule has 1 aromatic rings. The maximum Gasteiger partial charge on any atom is 0.322 e. The minimum atomic E-state index is -0.171. The van der Waals surface area contributed by atoms with Crippen LogP contribution in [0.15, 0.2) is 24.3 Å². The molecule has 0 spiro atoms. The molecule has 1 N–H and O–H groups in total. The van der Waals surface area contributed by atoms with Crippen LogP contribution in [-0.2, 0) is 16.0 Å². The van der Waals surface area contributed by atoms with E-state index in [1.54, 1.807) is 4.90 Å². The first-order valence-corrected chi connectivity index (χ1v) is 9.73. The van der Waals surface area contributed by atoms with Crippen LogP contribution in [0.2, 0.25) is 0 Å². The smallest absolute Gasteiger partial charge is 0.322 e. The molecule has 3 heterocycles. The predicted octanol–water partition coefficient (Wildman–Crippen LogP) is 2.49. The topological polar surface area (TPSA) is 61.9 Å². The fraction of sp³-hybridized carbons (Fsp3) is 0.600. The molecule has 6 nitrogen and oxygen atoms in total. The summed E-state index contributed by atoms with van der Waals surface area (Å²) in [5.74, 6) is 0.118. The first-order valence-electron chi connectivity index (χ1n) is 9.73. The van der Waals surface area contributed by atoms with Crippen molar-refractivity contribution >= 4 is 17.6 Å². The zero-order valence-electron chi connectivity index (χ0n) is 15.3. The predicted molar refractivity (Wildman–Crippen MR) is 99.0 cm³/mol. The molecule has 140 valence electrons. The van der Waals surface area contributed by atoms with Gasteiger partial charge in [-0.3, -0.25) is 4.79 Å². The molecule has 3 fully saturated rings. The monoisotopic (exact) mass is 357 g/mol. The number of rotatable bonds is 3. The van der Waals surface area contributed by atoms with Gasteiger partial charge in [0.05, 0.1) is 18.1 Å². The Morgan fingerprint density at radius 2 is 1.85 bits per heavy atom. The van der Waals surface area contributed by atoms with Crippen LogP contribution in [0.4, 0.5) is 10.5 Å². The Labute approximate surface area is 154 Å². The fourth-order valence-electron chi connectivity index (χ4n) is 4.28. The molecule has 3 aliphatic rings. The van der Waals surface area contributed by atoms with E-state index in [4.69, 9.17) is 4.74 Å². The second-order valence-electron chi connectivity index (χ2n) is 7.56. The largest absolute Gasteiger partial charge is 0.370 e. The number of ether oxygens (including phenoxy) is 1. The SMILES string of the molecule is CCc1ccc(NC(=O)N2C[C@@H]3C[C@H](C(=O)N4CCCC4)[C@H](C2)O3)cc1. The van der Waals surface area contributed by atoms with Crippen molar-refractivity contribution in [3.05, 3.63) is 29.8 Å². The number of urea groups is 1. The maximum atomic E-state index is 12.7. The van der Waals surface area contributed by atoms with E-state index in [2.05, 4.69) is 12.2 Å². The number of amides is 3. The van der Waals surface area contributed by atoms with E-state index in [1.165, 1.54) is 5.56 Å². The van der Waals surface area contributed by atoms with Gasteiger partial charge in [-0.25, -0.2) is 4.79 Å². The van der Waals surface area contributed by atoms with Crippen LogP contribution in [-0.4, -0.2) is 60.1 Å². The van der Waals surface area contributed by atoms with Crippen molar-refractivity contribution in [2.45, 2.75) is 44.8 Å². The number of nitrogens with zero attached hydrogens (tertiary/aromatic N) is 2. The van der Waals surface area contributed by atoms with Gasteiger partial charge in [-0.1, -0.05) is 19.1 Å². The van der Waals surface area contributed by atoms with E-state index in [-0.39, 0.29) is 30.1 Å². The Balaban J connectivity index is 1.37. The Morgan fingerprint density at radius 3 is 2.54 bits per heavy atom. The Bertz CT molecular complexity index is 669. The summed E-state index contributed by atoms with van der Waals surface area (Å²) in [7, 11) is 0.